The van der Waals surface area contributed by atoms with E-state index < -0.39 is 17.9 Å². The lowest BCUT2D eigenvalue weighted by atomic mass is 10.1. The maximum Gasteiger partial charge on any atom is 0.326 e. The fourth-order valence-corrected chi connectivity index (χ4v) is 2.43. The van der Waals surface area contributed by atoms with E-state index in [0.29, 0.717) is 16.3 Å². The molecule has 2 N–H and O–H groups in total. The van der Waals surface area contributed by atoms with E-state index in [-0.39, 0.29) is 11.6 Å². The summed E-state index contributed by atoms with van der Waals surface area (Å²) in [6.45, 7) is 0. The second-order valence-corrected chi connectivity index (χ2v) is 5.59. The standard InChI is InChI=1S/C15H13ClN2O4/c16-10-4-2-1-3-9(10)12-7-11(18-22-12)14(19)17-13(15(20)21)8-5-6-8/h1-4,7-8,13H,5-6H2,(H,17,19)(H,20,21). The Hall–Kier alpha value is -2.34. The van der Waals surface area contributed by atoms with Crippen molar-refractivity contribution in [1.82, 2.24) is 10.5 Å². The third-order valence-electron chi connectivity index (χ3n) is 3.53. The van der Waals surface area contributed by atoms with Crippen molar-refractivity contribution >= 4 is 23.5 Å². The molecule has 7 heteroatoms. The molecule has 1 aromatic heterocycles. The van der Waals surface area contributed by atoms with Crippen LogP contribution in [-0.4, -0.2) is 28.2 Å². The zero-order valence-electron chi connectivity index (χ0n) is 11.5. The van der Waals surface area contributed by atoms with Crippen molar-refractivity contribution in [1.29, 1.82) is 0 Å². The van der Waals surface area contributed by atoms with Crippen LogP contribution in [0.2, 0.25) is 5.02 Å². The SMILES string of the molecule is O=C(NC(C(=O)O)C1CC1)c1cc(-c2ccccc2Cl)on1. The number of nitrogens with one attached hydrogen (secondary N) is 1. The van der Waals surface area contributed by atoms with Crippen molar-refractivity contribution in [3.63, 3.8) is 0 Å². The molecule has 1 aliphatic carbocycles. The Balaban J connectivity index is 1.77. The van der Waals surface area contributed by atoms with Gasteiger partial charge in [-0.2, -0.15) is 0 Å². The van der Waals surface area contributed by atoms with Crippen LogP contribution in [0, 0.1) is 5.92 Å². The van der Waals surface area contributed by atoms with Crippen molar-refractivity contribution < 1.29 is 19.2 Å². The first kappa shape index (κ1) is 14.6. The van der Waals surface area contributed by atoms with E-state index in [4.69, 9.17) is 21.2 Å². The van der Waals surface area contributed by atoms with Gasteiger partial charge in [-0.05, 0) is 30.9 Å². The summed E-state index contributed by atoms with van der Waals surface area (Å²) in [6, 6.07) is 7.58. The number of carboxylic acids is 1. The molecule has 1 aromatic carbocycles. The van der Waals surface area contributed by atoms with E-state index in [9.17, 15) is 9.59 Å². The van der Waals surface area contributed by atoms with Gasteiger partial charge in [-0.25, -0.2) is 4.79 Å². The van der Waals surface area contributed by atoms with Crippen LogP contribution in [-0.2, 0) is 4.79 Å². The molecule has 1 unspecified atom stereocenters. The van der Waals surface area contributed by atoms with Gasteiger partial charge in [0.15, 0.2) is 11.5 Å². The summed E-state index contributed by atoms with van der Waals surface area (Å²) in [5.74, 6) is -1.25. The second-order valence-electron chi connectivity index (χ2n) is 5.18. The van der Waals surface area contributed by atoms with Crippen LogP contribution in [0.15, 0.2) is 34.9 Å². The van der Waals surface area contributed by atoms with E-state index in [2.05, 4.69) is 10.5 Å². The molecular formula is C15H13ClN2O4. The number of hydrogen-bond acceptors (Lipinski definition) is 4. The maximum absolute atomic E-state index is 12.1. The van der Waals surface area contributed by atoms with E-state index in [1.165, 1.54) is 6.07 Å². The Morgan fingerprint density at radius 1 is 1.36 bits per heavy atom. The van der Waals surface area contributed by atoms with E-state index in [1.54, 1.807) is 24.3 Å². The number of aliphatic carboxylic acids is 1. The van der Waals surface area contributed by atoms with Gasteiger partial charge in [0.1, 0.15) is 6.04 Å². The molecule has 22 heavy (non-hydrogen) atoms. The molecular weight excluding hydrogens is 308 g/mol. The summed E-state index contributed by atoms with van der Waals surface area (Å²) in [4.78, 5) is 23.2. The largest absolute Gasteiger partial charge is 0.480 e. The van der Waals surface area contributed by atoms with Gasteiger partial charge in [-0.3, -0.25) is 4.79 Å². The highest BCUT2D eigenvalue weighted by Crippen LogP contribution is 2.33. The van der Waals surface area contributed by atoms with Crippen molar-refractivity contribution in [3.8, 4) is 11.3 Å². The summed E-state index contributed by atoms with van der Waals surface area (Å²) in [7, 11) is 0. The Morgan fingerprint density at radius 2 is 2.09 bits per heavy atom. The molecule has 0 spiro atoms. The van der Waals surface area contributed by atoms with Crippen molar-refractivity contribution in [2.24, 2.45) is 5.92 Å². The third-order valence-corrected chi connectivity index (χ3v) is 3.86. The number of halogens is 1. The van der Waals surface area contributed by atoms with Crippen LogP contribution in [0.3, 0.4) is 0 Å². The van der Waals surface area contributed by atoms with Crippen LogP contribution in [0.4, 0.5) is 0 Å². The minimum Gasteiger partial charge on any atom is -0.480 e. The average Bonchev–Trinajstić information content (AvgIpc) is 3.21. The first-order valence-electron chi connectivity index (χ1n) is 6.81. The van der Waals surface area contributed by atoms with Gasteiger partial charge in [0.05, 0.1) is 5.02 Å². The Kier molecular flexibility index (Phi) is 3.85. The fourth-order valence-electron chi connectivity index (χ4n) is 2.20. The highest BCUT2D eigenvalue weighted by atomic mass is 35.5. The van der Waals surface area contributed by atoms with E-state index in [0.717, 1.165) is 12.8 Å². The Morgan fingerprint density at radius 3 is 2.73 bits per heavy atom. The molecule has 114 valence electrons. The van der Waals surface area contributed by atoms with E-state index >= 15 is 0 Å². The number of hydrogen-bond donors (Lipinski definition) is 2. The molecule has 0 aliphatic heterocycles. The first-order valence-corrected chi connectivity index (χ1v) is 7.19. The molecule has 3 rings (SSSR count). The predicted molar refractivity (Wildman–Crippen MR) is 78.6 cm³/mol. The van der Waals surface area contributed by atoms with Crippen molar-refractivity contribution in [2.45, 2.75) is 18.9 Å². The van der Waals surface area contributed by atoms with Crippen LogP contribution in [0.25, 0.3) is 11.3 Å². The number of rotatable bonds is 5. The van der Waals surface area contributed by atoms with E-state index in [1.807, 2.05) is 0 Å². The molecule has 1 heterocycles. The number of carboxylic acid groups (broad SMARTS) is 1. The molecule has 2 aromatic rings. The van der Waals surface area contributed by atoms with Gasteiger partial charge in [-0.1, -0.05) is 28.9 Å². The fraction of sp³-hybridized carbons (Fsp3) is 0.267. The number of aromatic nitrogens is 1. The molecule has 1 fully saturated rings. The number of nitrogens with zero attached hydrogens (tertiary/aromatic N) is 1. The molecule has 1 amide bonds. The number of benzene rings is 1. The highest BCUT2D eigenvalue weighted by Gasteiger charge is 2.37. The van der Waals surface area contributed by atoms with Crippen molar-refractivity contribution in [3.05, 3.63) is 41.0 Å². The minimum absolute atomic E-state index is 0.00334. The average molecular weight is 321 g/mol. The van der Waals surface area contributed by atoms with Crippen molar-refractivity contribution in [2.75, 3.05) is 0 Å². The lowest BCUT2D eigenvalue weighted by Gasteiger charge is -2.11. The molecule has 0 bridgehead atoms. The van der Waals surface area contributed by atoms with Crippen LogP contribution < -0.4 is 5.32 Å². The van der Waals surface area contributed by atoms with Gasteiger partial charge in [0.25, 0.3) is 5.91 Å². The normalized spacial score (nSPS) is 15.3. The maximum atomic E-state index is 12.1. The highest BCUT2D eigenvalue weighted by molar-refractivity contribution is 6.33. The lowest BCUT2D eigenvalue weighted by Crippen LogP contribution is -2.42. The van der Waals surface area contributed by atoms with Gasteiger partial charge in [0, 0.05) is 11.6 Å². The monoisotopic (exact) mass is 320 g/mol. The van der Waals surface area contributed by atoms with Gasteiger partial charge in [0.2, 0.25) is 0 Å². The minimum atomic E-state index is -1.04. The van der Waals surface area contributed by atoms with Gasteiger partial charge in [-0.15, -0.1) is 0 Å². The molecule has 1 atom stereocenters. The summed E-state index contributed by atoms with van der Waals surface area (Å²) < 4.78 is 5.13. The van der Waals surface area contributed by atoms with Crippen LogP contribution in [0.5, 0.6) is 0 Å². The summed E-state index contributed by atoms with van der Waals surface area (Å²) in [5, 5.41) is 15.8. The van der Waals surface area contributed by atoms with Gasteiger partial charge < -0.3 is 14.9 Å². The number of carbonyl (C=O) groups is 2. The molecule has 1 saturated carbocycles. The second kappa shape index (κ2) is 5.81. The summed E-state index contributed by atoms with van der Waals surface area (Å²) in [6.07, 6.45) is 1.61. The van der Waals surface area contributed by atoms with Crippen LogP contribution >= 0.6 is 11.6 Å². The van der Waals surface area contributed by atoms with Gasteiger partial charge >= 0.3 is 5.97 Å². The zero-order valence-corrected chi connectivity index (χ0v) is 12.2. The predicted octanol–water partition coefficient (Wildman–Crippen LogP) is 2.59. The Labute approximate surface area is 131 Å². The zero-order chi connectivity index (χ0) is 15.7. The molecule has 0 saturated heterocycles. The van der Waals surface area contributed by atoms with Crippen LogP contribution in [0.1, 0.15) is 23.3 Å². The first-order chi connectivity index (χ1) is 10.6. The topological polar surface area (TPSA) is 92.4 Å². The Bertz CT molecular complexity index is 724. The molecule has 6 nitrogen and oxygen atoms in total. The number of carbonyl (C=O) groups excluding carboxylic acids is 1. The molecule has 1 aliphatic rings. The lowest BCUT2D eigenvalue weighted by molar-refractivity contribution is -0.139. The third kappa shape index (κ3) is 2.96. The summed E-state index contributed by atoms with van der Waals surface area (Å²) >= 11 is 6.06. The molecule has 0 radical (unpaired) electrons. The summed E-state index contributed by atoms with van der Waals surface area (Å²) in [5.41, 5.74) is 0.648. The quantitative estimate of drug-likeness (QED) is 0.883. The smallest absolute Gasteiger partial charge is 0.326 e. The number of amides is 1.